The van der Waals surface area contributed by atoms with Crippen LogP contribution in [-0.4, -0.2) is 24.6 Å². The second-order valence-electron chi connectivity index (χ2n) is 4.83. The first-order valence-electron chi connectivity index (χ1n) is 7.02. The van der Waals surface area contributed by atoms with Crippen molar-refractivity contribution < 1.29 is 23.0 Å². The molecule has 0 unspecified atom stereocenters. The molecule has 0 fully saturated rings. The van der Waals surface area contributed by atoms with Gasteiger partial charge in [-0.2, -0.15) is 8.78 Å². The van der Waals surface area contributed by atoms with Crippen molar-refractivity contribution in [1.82, 2.24) is 4.98 Å². The number of aromatic nitrogens is 1. The molecule has 24 heavy (non-hydrogen) atoms. The molecule has 0 saturated carbocycles. The van der Waals surface area contributed by atoms with Crippen LogP contribution in [0, 0.1) is 6.92 Å². The highest BCUT2D eigenvalue weighted by molar-refractivity contribution is 6.01. The fourth-order valence-corrected chi connectivity index (χ4v) is 1.93. The summed E-state index contributed by atoms with van der Waals surface area (Å²) in [6, 6.07) is 7.94. The largest absolute Gasteiger partial charge is 0.493 e. The van der Waals surface area contributed by atoms with Crippen molar-refractivity contribution in [3.8, 4) is 11.5 Å². The van der Waals surface area contributed by atoms with Gasteiger partial charge in [-0.3, -0.25) is 4.79 Å². The molecule has 0 spiro atoms. The van der Waals surface area contributed by atoms with Crippen molar-refractivity contribution in [3.63, 3.8) is 0 Å². The molecule has 1 heterocycles. The number of halogens is 2. The van der Waals surface area contributed by atoms with Crippen molar-refractivity contribution in [2.45, 2.75) is 13.5 Å². The molecule has 2 rings (SSSR count). The highest BCUT2D eigenvalue weighted by Gasteiger charge is 2.10. The van der Waals surface area contributed by atoms with Gasteiger partial charge in [0, 0.05) is 12.3 Å². The third kappa shape index (κ3) is 5.05. The maximum absolute atomic E-state index is 12.3. The summed E-state index contributed by atoms with van der Waals surface area (Å²) in [7, 11) is 1.34. The molecule has 0 bridgehead atoms. The molecule has 7 heteroatoms. The van der Waals surface area contributed by atoms with E-state index in [1.807, 2.05) is 13.0 Å². The molecule has 1 aromatic heterocycles. The van der Waals surface area contributed by atoms with Crippen molar-refractivity contribution >= 4 is 17.8 Å². The molecule has 5 nitrogen and oxygen atoms in total. The van der Waals surface area contributed by atoms with E-state index in [4.69, 9.17) is 4.74 Å². The highest BCUT2D eigenvalue weighted by atomic mass is 19.3. The number of carbonyl (C=O) groups is 1. The van der Waals surface area contributed by atoms with Gasteiger partial charge in [0.1, 0.15) is 5.82 Å². The smallest absolute Gasteiger partial charge is 0.387 e. The standard InChI is InChI=1S/C17H16F2N2O3/c1-11-7-8-20-15(9-11)21-16(22)6-4-12-3-5-13(24-17(18)19)14(10-12)23-2/h3-10,17H,1-2H3,(H,20,21,22)/b6-4+. The lowest BCUT2D eigenvalue weighted by molar-refractivity contribution is -0.111. The van der Waals surface area contributed by atoms with Crippen LogP contribution in [0.5, 0.6) is 11.5 Å². The van der Waals surface area contributed by atoms with E-state index in [-0.39, 0.29) is 17.4 Å². The van der Waals surface area contributed by atoms with E-state index in [1.165, 1.54) is 37.5 Å². The Bertz CT molecular complexity index is 748. The Hall–Kier alpha value is -2.96. The number of methoxy groups -OCH3 is 1. The van der Waals surface area contributed by atoms with Crippen LogP contribution in [0.3, 0.4) is 0 Å². The summed E-state index contributed by atoms with van der Waals surface area (Å²) >= 11 is 0. The second-order valence-corrected chi connectivity index (χ2v) is 4.83. The van der Waals surface area contributed by atoms with Gasteiger partial charge in [0.25, 0.3) is 0 Å². The van der Waals surface area contributed by atoms with Gasteiger partial charge in [-0.05, 0) is 48.4 Å². The van der Waals surface area contributed by atoms with E-state index < -0.39 is 6.61 Å². The van der Waals surface area contributed by atoms with Gasteiger partial charge in [0.05, 0.1) is 7.11 Å². The van der Waals surface area contributed by atoms with Gasteiger partial charge in [-0.25, -0.2) is 4.98 Å². The minimum atomic E-state index is -2.94. The fourth-order valence-electron chi connectivity index (χ4n) is 1.93. The summed E-state index contributed by atoms with van der Waals surface area (Å²) < 4.78 is 33.9. The Morgan fingerprint density at radius 3 is 2.71 bits per heavy atom. The highest BCUT2D eigenvalue weighted by Crippen LogP contribution is 2.29. The molecule has 0 aliphatic heterocycles. The van der Waals surface area contributed by atoms with Crippen molar-refractivity contribution in [2.75, 3.05) is 12.4 Å². The summed E-state index contributed by atoms with van der Waals surface area (Å²) in [6.07, 6.45) is 4.44. The van der Waals surface area contributed by atoms with Crippen molar-refractivity contribution in [1.29, 1.82) is 0 Å². The number of rotatable bonds is 6. The molecule has 0 radical (unpaired) electrons. The molecule has 0 aliphatic carbocycles. The van der Waals surface area contributed by atoms with Crippen LogP contribution < -0.4 is 14.8 Å². The number of ether oxygens (including phenoxy) is 2. The Morgan fingerprint density at radius 1 is 1.25 bits per heavy atom. The normalized spacial score (nSPS) is 10.9. The minimum Gasteiger partial charge on any atom is -0.493 e. The summed E-state index contributed by atoms with van der Waals surface area (Å²) in [5.74, 6) is 0.166. The number of aryl methyl sites for hydroxylation is 1. The summed E-state index contributed by atoms with van der Waals surface area (Å²) in [4.78, 5) is 15.9. The molecule has 0 saturated heterocycles. The summed E-state index contributed by atoms with van der Waals surface area (Å²) in [5.41, 5.74) is 1.57. The van der Waals surface area contributed by atoms with Crippen molar-refractivity contribution in [3.05, 3.63) is 53.7 Å². The summed E-state index contributed by atoms with van der Waals surface area (Å²) in [5, 5.41) is 2.63. The molecular weight excluding hydrogens is 318 g/mol. The van der Waals surface area contributed by atoms with Crippen LogP contribution in [0.15, 0.2) is 42.6 Å². The SMILES string of the molecule is COc1cc(/C=C/C(=O)Nc2cc(C)ccn2)ccc1OC(F)F. The van der Waals surface area contributed by atoms with E-state index in [0.29, 0.717) is 11.4 Å². The molecule has 0 atom stereocenters. The van der Waals surface area contributed by atoms with Crippen LogP contribution in [0.4, 0.5) is 14.6 Å². The van der Waals surface area contributed by atoms with E-state index in [9.17, 15) is 13.6 Å². The predicted molar refractivity (Wildman–Crippen MR) is 86.3 cm³/mol. The van der Waals surface area contributed by atoms with E-state index in [1.54, 1.807) is 12.3 Å². The van der Waals surface area contributed by atoms with Gasteiger partial charge in [-0.1, -0.05) is 6.07 Å². The molecule has 1 N–H and O–H groups in total. The number of nitrogens with one attached hydrogen (secondary N) is 1. The van der Waals surface area contributed by atoms with Gasteiger partial charge >= 0.3 is 6.61 Å². The molecular formula is C17H16F2N2O3. The van der Waals surface area contributed by atoms with E-state index in [2.05, 4.69) is 15.0 Å². The van der Waals surface area contributed by atoms with Gasteiger partial charge in [0.2, 0.25) is 5.91 Å². The van der Waals surface area contributed by atoms with Gasteiger partial charge < -0.3 is 14.8 Å². The Morgan fingerprint density at radius 2 is 2.04 bits per heavy atom. The first-order chi connectivity index (χ1) is 11.5. The number of pyridine rings is 1. The third-order valence-corrected chi connectivity index (χ3v) is 3.00. The molecule has 0 aliphatic rings. The number of anilines is 1. The fraction of sp³-hybridized carbons (Fsp3) is 0.176. The predicted octanol–water partition coefficient (Wildman–Crippen LogP) is 3.65. The number of carbonyl (C=O) groups excluding carboxylic acids is 1. The number of amides is 1. The first-order valence-corrected chi connectivity index (χ1v) is 7.02. The number of benzene rings is 1. The Labute approximate surface area is 137 Å². The lowest BCUT2D eigenvalue weighted by atomic mass is 10.2. The van der Waals surface area contributed by atoms with Crippen molar-refractivity contribution in [2.24, 2.45) is 0 Å². The number of nitrogens with zero attached hydrogens (tertiary/aromatic N) is 1. The van der Waals surface area contributed by atoms with Crippen LogP contribution >= 0.6 is 0 Å². The zero-order valence-electron chi connectivity index (χ0n) is 13.1. The lowest BCUT2D eigenvalue weighted by Crippen LogP contribution is -2.09. The van der Waals surface area contributed by atoms with Gasteiger partial charge in [-0.15, -0.1) is 0 Å². The molecule has 1 amide bonds. The number of alkyl halides is 2. The molecule has 2 aromatic rings. The van der Waals surface area contributed by atoms with Crippen LogP contribution in [-0.2, 0) is 4.79 Å². The first kappa shape index (κ1) is 17.4. The number of hydrogen-bond donors (Lipinski definition) is 1. The zero-order valence-corrected chi connectivity index (χ0v) is 13.1. The molecule has 1 aromatic carbocycles. The maximum atomic E-state index is 12.3. The maximum Gasteiger partial charge on any atom is 0.387 e. The van der Waals surface area contributed by atoms with Crippen LogP contribution in [0.1, 0.15) is 11.1 Å². The number of hydrogen-bond acceptors (Lipinski definition) is 4. The average Bonchev–Trinajstić information content (AvgIpc) is 2.53. The average molecular weight is 334 g/mol. The topological polar surface area (TPSA) is 60.5 Å². The Kier molecular flexibility index (Phi) is 5.83. The van der Waals surface area contributed by atoms with Crippen LogP contribution in [0.2, 0.25) is 0 Å². The zero-order chi connectivity index (χ0) is 17.5. The Balaban J connectivity index is 2.06. The molecule has 126 valence electrons. The van der Waals surface area contributed by atoms with E-state index >= 15 is 0 Å². The summed E-state index contributed by atoms with van der Waals surface area (Å²) in [6.45, 7) is -1.05. The van der Waals surface area contributed by atoms with Crippen LogP contribution in [0.25, 0.3) is 6.08 Å². The van der Waals surface area contributed by atoms with Gasteiger partial charge in [0.15, 0.2) is 11.5 Å². The minimum absolute atomic E-state index is 0.0712. The third-order valence-electron chi connectivity index (χ3n) is 3.00. The quantitative estimate of drug-likeness (QED) is 0.819. The second kappa shape index (κ2) is 8.05. The monoisotopic (exact) mass is 334 g/mol. The lowest BCUT2D eigenvalue weighted by Gasteiger charge is -2.10. The van der Waals surface area contributed by atoms with E-state index in [0.717, 1.165) is 5.56 Å².